The van der Waals surface area contributed by atoms with Crippen molar-refractivity contribution < 1.29 is 4.39 Å². The average Bonchev–Trinajstić information content (AvgIpc) is 2.96. The minimum absolute atomic E-state index is 0.231. The smallest absolute Gasteiger partial charge is 0.147 e. The van der Waals surface area contributed by atoms with Crippen LogP contribution in [0.3, 0.4) is 0 Å². The monoisotopic (exact) mass is 244 g/mol. The lowest BCUT2D eigenvalue weighted by Gasteiger charge is -1.98. The second-order valence-corrected chi connectivity index (χ2v) is 4.25. The summed E-state index contributed by atoms with van der Waals surface area (Å²) in [6.45, 7) is 0.421. The summed E-state index contributed by atoms with van der Waals surface area (Å²) in [6.07, 6.45) is 2.42. The van der Waals surface area contributed by atoms with E-state index in [0.29, 0.717) is 18.5 Å². The number of hydrogen-bond acceptors (Lipinski definition) is 2. The third-order valence-electron chi connectivity index (χ3n) is 3.05. The van der Waals surface area contributed by atoms with Gasteiger partial charge in [0.05, 0.1) is 17.4 Å². The Morgan fingerprint density at radius 2 is 2.22 bits per heavy atom. The molecular formula is C13H13FN4. The van der Waals surface area contributed by atoms with Crippen LogP contribution in [0.5, 0.6) is 0 Å². The molecule has 18 heavy (non-hydrogen) atoms. The van der Waals surface area contributed by atoms with Gasteiger partial charge in [-0.3, -0.25) is 5.10 Å². The van der Waals surface area contributed by atoms with Crippen LogP contribution in [0.15, 0.2) is 30.5 Å². The Morgan fingerprint density at radius 1 is 1.33 bits per heavy atom. The Kier molecular flexibility index (Phi) is 2.60. The molecule has 0 aliphatic rings. The number of H-pyrrole nitrogens is 2. The highest BCUT2D eigenvalue weighted by Gasteiger charge is 2.08. The van der Waals surface area contributed by atoms with Gasteiger partial charge < -0.3 is 10.7 Å². The highest BCUT2D eigenvalue weighted by atomic mass is 19.1. The number of nitrogens with zero attached hydrogens (tertiary/aromatic N) is 1. The van der Waals surface area contributed by atoms with Crippen molar-refractivity contribution in [2.75, 3.05) is 0 Å². The van der Waals surface area contributed by atoms with E-state index in [1.165, 1.54) is 6.07 Å². The maximum atomic E-state index is 13.6. The van der Waals surface area contributed by atoms with Crippen molar-refractivity contribution in [3.63, 3.8) is 0 Å². The van der Waals surface area contributed by atoms with Crippen LogP contribution >= 0.6 is 0 Å². The number of nitrogens with two attached hydrogens (primary N) is 1. The lowest BCUT2D eigenvalue weighted by atomic mass is 10.1. The maximum Gasteiger partial charge on any atom is 0.147 e. The van der Waals surface area contributed by atoms with E-state index in [0.717, 1.165) is 22.3 Å². The van der Waals surface area contributed by atoms with Gasteiger partial charge in [0, 0.05) is 29.6 Å². The molecule has 0 unspecified atom stereocenters. The first-order valence-corrected chi connectivity index (χ1v) is 5.75. The molecule has 1 aromatic carbocycles. The van der Waals surface area contributed by atoms with E-state index < -0.39 is 0 Å². The number of hydrogen-bond donors (Lipinski definition) is 3. The summed E-state index contributed by atoms with van der Waals surface area (Å²) in [4.78, 5) is 3.10. The number of rotatable bonds is 3. The molecule has 4 N–H and O–H groups in total. The molecule has 0 saturated heterocycles. The van der Waals surface area contributed by atoms with Crippen molar-refractivity contribution in [1.29, 1.82) is 0 Å². The highest BCUT2D eigenvalue weighted by Crippen LogP contribution is 2.20. The summed E-state index contributed by atoms with van der Waals surface area (Å²) in [6, 6.07) is 6.99. The van der Waals surface area contributed by atoms with Gasteiger partial charge in [0.2, 0.25) is 0 Å². The maximum absolute atomic E-state index is 13.6. The summed E-state index contributed by atoms with van der Waals surface area (Å²) in [7, 11) is 0. The van der Waals surface area contributed by atoms with Crippen LogP contribution < -0.4 is 5.73 Å². The van der Waals surface area contributed by atoms with Gasteiger partial charge in [0.25, 0.3) is 0 Å². The van der Waals surface area contributed by atoms with Gasteiger partial charge in [-0.05, 0) is 12.1 Å². The molecule has 5 heteroatoms. The SMILES string of the molecule is NCc1[nH]ncc1Cc1cc2cccc(F)c2[nH]1. The fraction of sp³-hybridized carbons (Fsp3) is 0.154. The Balaban J connectivity index is 1.98. The number of aromatic amines is 2. The normalized spacial score (nSPS) is 11.2. The molecule has 0 spiro atoms. The Labute approximate surface area is 103 Å². The number of halogens is 1. The molecule has 2 aromatic heterocycles. The van der Waals surface area contributed by atoms with Crippen molar-refractivity contribution in [3.8, 4) is 0 Å². The Hall–Kier alpha value is -2.14. The molecule has 0 aliphatic heterocycles. The fourth-order valence-electron chi connectivity index (χ4n) is 2.14. The van der Waals surface area contributed by atoms with Crippen LogP contribution in [-0.2, 0) is 13.0 Å². The van der Waals surface area contributed by atoms with Gasteiger partial charge in [-0.25, -0.2) is 4.39 Å². The van der Waals surface area contributed by atoms with E-state index >= 15 is 0 Å². The minimum atomic E-state index is -0.231. The predicted molar refractivity (Wildman–Crippen MR) is 67.5 cm³/mol. The third-order valence-corrected chi connectivity index (χ3v) is 3.05. The van der Waals surface area contributed by atoms with Gasteiger partial charge in [0.15, 0.2) is 0 Å². The topological polar surface area (TPSA) is 70.5 Å². The number of aromatic nitrogens is 3. The molecule has 0 bridgehead atoms. The standard InChI is InChI=1S/C13H13FN4/c14-11-3-1-2-8-4-10(17-13(8)11)5-9-7-16-18-12(9)6-15/h1-4,7,17H,5-6,15H2,(H,16,18). The van der Waals surface area contributed by atoms with E-state index in [1.807, 2.05) is 12.1 Å². The summed E-state index contributed by atoms with van der Waals surface area (Å²) in [5.41, 5.74) is 9.05. The van der Waals surface area contributed by atoms with E-state index in [-0.39, 0.29) is 5.82 Å². The minimum Gasteiger partial charge on any atom is -0.356 e. The summed E-state index contributed by atoms with van der Waals surface area (Å²) >= 11 is 0. The number of para-hydroxylation sites is 1. The van der Waals surface area contributed by atoms with Crippen molar-refractivity contribution in [1.82, 2.24) is 15.2 Å². The highest BCUT2D eigenvalue weighted by molar-refractivity contribution is 5.81. The first-order valence-electron chi connectivity index (χ1n) is 5.75. The number of benzene rings is 1. The third kappa shape index (κ3) is 1.78. The molecule has 0 atom stereocenters. The molecule has 3 rings (SSSR count). The predicted octanol–water partition coefficient (Wildman–Crippen LogP) is 2.08. The molecule has 4 nitrogen and oxygen atoms in total. The van der Waals surface area contributed by atoms with Gasteiger partial charge in [-0.1, -0.05) is 12.1 Å². The Bertz CT molecular complexity index is 683. The fourth-order valence-corrected chi connectivity index (χ4v) is 2.14. The second kappa shape index (κ2) is 4.27. The van der Waals surface area contributed by atoms with E-state index in [2.05, 4.69) is 15.2 Å². The van der Waals surface area contributed by atoms with E-state index in [9.17, 15) is 4.39 Å². The molecule has 0 radical (unpaired) electrons. The van der Waals surface area contributed by atoms with Crippen LogP contribution in [-0.4, -0.2) is 15.2 Å². The molecular weight excluding hydrogens is 231 g/mol. The largest absolute Gasteiger partial charge is 0.356 e. The van der Waals surface area contributed by atoms with Crippen LogP contribution in [0.2, 0.25) is 0 Å². The van der Waals surface area contributed by atoms with Crippen LogP contribution in [0.25, 0.3) is 10.9 Å². The lowest BCUT2D eigenvalue weighted by Crippen LogP contribution is -2.01. The van der Waals surface area contributed by atoms with Crippen LogP contribution in [0, 0.1) is 5.82 Å². The Morgan fingerprint density at radius 3 is 3.00 bits per heavy atom. The number of nitrogens with one attached hydrogen (secondary N) is 2. The van der Waals surface area contributed by atoms with Crippen LogP contribution in [0.1, 0.15) is 17.0 Å². The molecule has 2 heterocycles. The first-order chi connectivity index (χ1) is 8.78. The van der Waals surface area contributed by atoms with Crippen molar-refractivity contribution in [2.45, 2.75) is 13.0 Å². The quantitative estimate of drug-likeness (QED) is 0.660. The van der Waals surface area contributed by atoms with Gasteiger partial charge in [0.1, 0.15) is 5.82 Å². The van der Waals surface area contributed by atoms with Crippen molar-refractivity contribution in [2.24, 2.45) is 5.73 Å². The van der Waals surface area contributed by atoms with E-state index in [1.54, 1.807) is 12.3 Å². The van der Waals surface area contributed by atoms with Gasteiger partial charge in [-0.15, -0.1) is 0 Å². The van der Waals surface area contributed by atoms with Crippen LogP contribution in [0.4, 0.5) is 4.39 Å². The van der Waals surface area contributed by atoms with Crippen molar-refractivity contribution >= 4 is 10.9 Å². The van der Waals surface area contributed by atoms with Gasteiger partial charge >= 0.3 is 0 Å². The molecule has 0 fully saturated rings. The molecule has 0 saturated carbocycles. The zero-order valence-electron chi connectivity index (χ0n) is 9.70. The lowest BCUT2D eigenvalue weighted by molar-refractivity contribution is 0.637. The summed E-state index contributed by atoms with van der Waals surface area (Å²) < 4.78 is 13.6. The summed E-state index contributed by atoms with van der Waals surface area (Å²) in [5, 5.41) is 7.70. The second-order valence-electron chi connectivity index (χ2n) is 4.25. The number of fused-ring (bicyclic) bond motifs is 1. The van der Waals surface area contributed by atoms with Crippen molar-refractivity contribution in [3.05, 3.63) is 53.2 Å². The molecule has 0 amide bonds. The molecule has 92 valence electrons. The summed E-state index contributed by atoms with van der Waals surface area (Å²) in [5.74, 6) is -0.231. The molecule has 3 aromatic rings. The molecule has 0 aliphatic carbocycles. The zero-order chi connectivity index (χ0) is 12.5. The van der Waals surface area contributed by atoms with E-state index in [4.69, 9.17) is 5.73 Å². The van der Waals surface area contributed by atoms with Gasteiger partial charge in [-0.2, -0.15) is 5.10 Å². The zero-order valence-corrected chi connectivity index (χ0v) is 9.70. The first kappa shape index (κ1) is 11.0. The average molecular weight is 244 g/mol.